The van der Waals surface area contributed by atoms with Crippen LogP contribution < -0.4 is 0 Å². The van der Waals surface area contributed by atoms with E-state index in [9.17, 15) is 0 Å². The van der Waals surface area contributed by atoms with E-state index in [1.807, 2.05) is 24.1 Å². The van der Waals surface area contributed by atoms with Gasteiger partial charge < -0.3 is 0 Å². The van der Waals surface area contributed by atoms with Crippen molar-refractivity contribution in [3.05, 3.63) is 18.0 Å². The molecule has 0 N–H and O–H groups in total. The lowest BCUT2D eigenvalue weighted by Crippen LogP contribution is -2.04. The zero-order valence-electron chi connectivity index (χ0n) is 6.43. The highest BCUT2D eigenvalue weighted by molar-refractivity contribution is 14.1. The molecule has 0 aliphatic heterocycles. The Hall–Kier alpha value is -0.0600. The van der Waals surface area contributed by atoms with Crippen LogP contribution in [0.25, 0.3) is 0 Å². The second-order valence-electron chi connectivity index (χ2n) is 2.88. The van der Waals surface area contributed by atoms with E-state index in [-0.39, 0.29) is 3.42 Å². The van der Waals surface area contributed by atoms with E-state index >= 15 is 0 Å². The van der Waals surface area contributed by atoms with Crippen LogP contribution in [0.4, 0.5) is 0 Å². The molecule has 0 atom stereocenters. The summed E-state index contributed by atoms with van der Waals surface area (Å²) in [5.41, 5.74) is 1.27. The second-order valence-corrected chi connectivity index (χ2v) is 5.57. The molecule has 56 valence electrons. The topological polar surface area (TPSA) is 17.8 Å². The molecule has 0 spiro atoms. The highest BCUT2D eigenvalue weighted by Gasteiger charge is 2.16. The summed E-state index contributed by atoms with van der Waals surface area (Å²) in [6, 6.07) is 0. The summed E-state index contributed by atoms with van der Waals surface area (Å²) in [5.74, 6) is 0. The van der Waals surface area contributed by atoms with Gasteiger partial charge in [-0.25, -0.2) is 0 Å². The molecule has 0 unspecified atom stereocenters. The zero-order chi connectivity index (χ0) is 7.78. The van der Waals surface area contributed by atoms with Crippen molar-refractivity contribution in [1.82, 2.24) is 9.78 Å². The molecule has 10 heavy (non-hydrogen) atoms. The maximum Gasteiger partial charge on any atom is 0.0534 e. The fourth-order valence-corrected chi connectivity index (χ4v) is 1.01. The predicted molar refractivity (Wildman–Crippen MR) is 50.3 cm³/mol. The Kier molecular flexibility index (Phi) is 2.03. The number of nitrogens with zero attached hydrogens (tertiary/aromatic N) is 2. The van der Waals surface area contributed by atoms with E-state index in [4.69, 9.17) is 0 Å². The van der Waals surface area contributed by atoms with Gasteiger partial charge in [-0.3, -0.25) is 4.68 Å². The predicted octanol–water partition coefficient (Wildman–Crippen LogP) is 2.09. The van der Waals surface area contributed by atoms with Gasteiger partial charge in [0, 0.05) is 22.2 Å². The first-order chi connectivity index (χ1) is 4.50. The lowest BCUT2D eigenvalue weighted by atomic mass is 10.1. The number of rotatable bonds is 1. The van der Waals surface area contributed by atoms with Crippen LogP contribution in [0, 0.1) is 0 Å². The van der Waals surface area contributed by atoms with E-state index in [1.54, 1.807) is 0 Å². The van der Waals surface area contributed by atoms with E-state index < -0.39 is 0 Å². The molecule has 1 rings (SSSR count). The second kappa shape index (κ2) is 2.53. The Morgan fingerprint density at radius 3 is 2.40 bits per heavy atom. The van der Waals surface area contributed by atoms with Crippen molar-refractivity contribution in [2.24, 2.45) is 7.05 Å². The molecule has 0 aromatic carbocycles. The largest absolute Gasteiger partial charge is 0.275 e. The van der Waals surface area contributed by atoms with Gasteiger partial charge in [-0.15, -0.1) is 0 Å². The summed E-state index contributed by atoms with van der Waals surface area (Å²) in [4.78, 5) is 0. The lowest BCUT2D eigenvalue weighted by Gasteiger charge is -2.12. The average Bonchev–Trinajstić information content (AvgIpc) is 2.11. The van der Waals surface area contributed by atoms with Crippen molar-refractivity contribution < 1.29 is 0 Å². The summed E-state index contributed by atoms with van der Waals surface area (Å²) < 4.78 is 2.03. The van der Waals surface area contributed by atoms with Crippen molar-refractivity contribution in [3.63, 3.8) is 0 Å². The van der Waals surface area contributed by atoms with Crippen LogP contribution in [-0.4, -0.2) is 9.78 Å². The highest BCUT2D eigenvalue weighted by Crippen LogP contribution is 2.29. The van der Waals surface area contributed by atoms with Crippen molar-refractivity contribution in [1.29, 1.82) is 0 Å². The number of alkyl halides is 1. The minimum absolute atomic E-state index is 0.200. The number of aromatic nitrogens is 2. The van der Waals surface area contributed by atoms with Crippen molar-refractivity contribution in [2.45, 2.75) is 17.3 Å². The first-order valence-electron chi connectivity index (χ1n) is 3.18. The van der Waals surface area contributed by atoms with Crippen molar-refractivity contribution in [3.8, 4) is 0 Å². The van der Waals surface area contributed by atoms with Crippen LogP contribution in [-0.2, 0) is 10.5 Å². The number of halogens is 1. The summed E-state index contributed by atoms with van der Waals surface area (Å²) in [6.45, 7) is 4.34. The SMILES string of the molecule is Cn1cc(C(C)(C)I)cn1. The van der Waals surface area contributed by atoms with E-state index in [0.29, 0.717) is 0 Å². The zero-order valence-corrected chi connectivity index (χ0v) is 8.58. The molecule has 0 bridgehead atoms. The maximum atomic E-state index is 4.09. The van der Waals surface area contributed by atoms with E-state index in [0.717, 1.165) is 0 Å². The Labute approximate surface area is 74.8 Å². The van der Waals surface area contributed by atoms with Gasteiger partial charge >= 0.3 is 0 Å². The van der Waals surface area contributed by atoms with E-state index in [1.165, 1.54) is 5.56 Å². The summed E-state index contributed by atoms with van der Waals surface area (Å²) in [7, 11) is 1.94. The maximum absolute atomic E-state index is 4.09. The normalized spacial score (nSPS) is 12.0. The molecule has 3 heteroatoms. The molecule has 1 aromatic rings. The molecule has 0 radical (unpaired) electrons. The highest BCUT2D eigenvalue weighted by atomic mass is 127. The average molecular weight is 250 g/mol. The van der Waals surface area contributed by atoms with Crippen LogP contribution in [0.3, 0.4) is 0 Å². The van der Waals surface area contributed by atoms with Gasteiger partial charge in [0.25, 0.3) is 0 Å². The van der Waals surface area contributed by atoms with E-state index in [2.05, 4.69) is 41.5 Å². The third-order valence-corrected chi connectivity index (χ3v) is 2.01. The minimum Gasteiger partial charge on any atom is -0.275 e. The standard InChI is InChI=1S/C7H11IN2/c1-7(2,8)6-4-9-10(3)5-6/h4-5H,1-3H3. The minimum atomic E-state index is 0.200. The molecule has 0 aliphatic carbocycles. The molecular weight excluding hydrogens is 239 g/mol. The van der Waals surface area contributed by atoms with Crippen molar-refractivity contribution >= 4 is 22.6 Å². The van der Waals surface area contributed by atoms with Gasteiger partial charge in [0.2, 0.25) is 0 Å². The molecule has 0 fully saturated rings. The lowest BCUT2D eigenvalue weighted by molar-refractivity contribution is 0.762. The Balaban J connectivity index is 2.96. The fraction of sp³-hybridized carbons (Fsp3) is 0.571. The first-order valence-corrected chi connectivity index (χ1v) is 4.26. The smallest absolute Gasteiger partial charge is 0.0534 e. The Bertz CT molecular complexity index is 222. The Morgan fingerprint density at radius 2 is 2.20 bits per heavy atom. The van der Waals surface area contributed by atoms with Gasteiger partial charge in [-0.2, -0.15) is 5.10 Å². The van der Waals surface area contributed by atoms with Gasteiger partial charge in [0.15, 0.2) is 0 Å². The van der Waals surface area contributed by atoms with Gasteiger partial charge in [0.05, 0.1) is 6.20 Å². The van der Waals surface area contributed by atoms with Crippen LogP contribution in [0.15, 0.2) is 12.4 Å². The number of hydrogen-bond donors (Lipinski definition) is 0. The molecule has 1 heterocycles. The van der Waals surface area contributed by atoms with Crippen LogP contribution in [0.5, 0.6) is 0 Å². The quantitative estimate of drug-likeness (QED) is 0.551. The molecule has 2 nitrogen and oxygen atoms in total. The number of aryl methyl sites for hydroxylation is 1. The molecule has 0 amide bonds. The first kappa shape index (κ1) is 8.04. The number of hydrogen-bond acceptors (Lipinski definition) is 1. The summed E-state index contributed by atoms with van der Waals surface area (Å²) in [6.07, 6.45) is 3.96. The third kappa shape index (κ3) is 1.71. The fourth-order valence-electron chi connectivity index (χ4n) is 0.728. The molecule has 0 saturated carbocycles. The molecule has 1 aromatic heterocycles. The van der Waals surface area contributed by atoms with Gasteiger partial charge in [0.1, 0.15) is 0 Å². The monoisotopic (exact) mass is 250 g/mol. The molecule has 0 saturated heterocycles. The van der Waals surface area contributed by atoms with Gasteiger partial charge in [-0.1, -0.05) is 22.6 Å². The van der Waals surface area contributed by atoms with Crippen LogP contribution >= 0.6 is 22.6 Å². The third-order valence-electron chi connectivity index (χ3n) is 1.39. The Morgan fingerprint density at radius 1 is 1.60 bits per heavy atom. The summed E-state index contributed by atoms with van der Waals surface area (Å²) in [5, 5.41) is 4.09. The van der Waals surface area contributed by atoms with Crippen molar-refractivity contribution in [2.75, 3.05) is 0 Å². The van der Waals surface area contributed by atoms with Crippen LogP contribution in [0.2, 0.25) is 0 Å². The summed E-state index contributed by atoms with van der Waals surface area (Å²) >= 11 is 2.40. The van der Waals surface area contributed by atoms with Gasteiger partial charge in [-0.05, 0) is 13.8 Å². The van der Waals surface area contributed by atoms with Crippen LogP contribution in [0.1, 0.15) is 19.4 Å². The molecule has 0 aliphatic rings. The molecular formula is C7H11IN2.